The van der Waals surface area contributed by atoms with Crippen molar-refractivity contribution in [2.24, 2.45) is 7.05 Å². The average Bonchev–Trinajstić information content (AvgIpc) is 2.26. The summed E-state index contributed by atoms with van der Waals surface area (Å²) in [7, 11) is 3.11. The van der Waals surface area contributed by atoms with Crippen molar-refractivity contribution in [2.75, 3.05) is 12.8 Å². The summed E-state index contributed by atoms with van der Waals surface area (Å²) in [4.78, 5) is 11.1. The maximum absolute atomic E-state index is 11.1. The molecule has 0 atom stereocenters. The third kappa shape index (κ3) is 1.15. The minimum atomic E-state index is -0.400. The van der Waals surface area contributed by atoms with Gasteiger partial charge in [-0.1, -0.05) is 0 Å². The highest BCUT2D eigenvalue weighted by Crippen LogP contribution is 2.16. The van der Waals surface area contributed by atoms with Gasteiger partial charge in [-0.3, -0.25) is 0 Å². The van der Waals surface area contributed by atoms with Gasteiger partial charge in [0.1, 0.15) is 0 Å². The fourth-order valence-electron chi connectivity index (χ4n) is 1.11. The first-order valence-electron chi connectivity index (χ1n) is 3.58. The fraction of sp³-hybridized carbons (Fsp3) is 0.375. The molecule has 1 heterocycles. The molecule has 0 aliphatic heterocycles. The number of hydrogen-bond acceptors (Lipinski definition) is 3. The zero-order valence-corrected chi connectivity index (χ0v) is 7.42. The molecule has 0 aliphatic rings. The SMILES string of the molecule is COC(=O)c1c(N)cc(C)n1C. The molecule has 4 heteroatoms. The van der Waals surface area contributed by atoms with Gasteiger partial charge in [0.25, 0.3) is 0 Å². The summed E-state index contributed by atoms with van der Waals surface area (Å²) in [6.45, 7) is 1.88. The molecule has 1 aromatic heterocycles. The molecular formula is C8H12N2O2. The first-order valence-corrected chi connectivity index (χ1v) is 3.58. The van der Waals surface area contributed by atoms with Gasteiger partial charge in [0, 0.05) is 12.7 Å². The van der Waals surface area contributed by atoms with Gasteiger partial charge < -0.3 is 15.0 Å². The molecule has 0 amide bonds. The normalized spacial score (nSPS) is 9.92. The molecule has 4 nitrogen and oxygen atoms in total. The van der Waals surface area contributed by atoms with E-state index in [0.29, 0.717) is 11.4 Å². The third-order valence-corrected chi connectivity index (χ3v) is 1.88. The van der Waals surface area contributed by atoms with Gasteiger partial charge in [-0.15, -0.1) is 0 Å². The van der Waals surface area contributed by atoms with Crippen LogP contribution in [-0.2, 0) is 11.8 Å². The zero-order valence-electron chi connectivity index (χ0n) is 7.42. The number of carbonyl (C=O) groups excluding carboxylic acids is 1. The number of rotatable bonds is 1. The molecule has 0 bridgehead atoms. The maximum atomic E-state index is 11.1. The highest BCUT2D eigenvalue weighted by Gasteiger charge is 2.15. The number of aryl methyl sites for hydroxylation is 1. The van der Waals surface area contributed by atoms with Crippen molar-refractivity contribution in [1.29, 1.82) is 0 Å². The lowest BCUT2D eigenvalue weighted by Crippen LogP contribution is -2.10. The van der Waals surface area contributed by atoms with Gasteiger partial charge in [0.2, 0.25) is 0 Å². The van der Waals surface area contributed by atoms with E-state index >= 15 is 0 Å². The number of anilines is 1. The van der Waals surface area contributed by atoms with E-state index < -0.39 is 5.97 Å². The Labute approximate surface area is 70.9 Å². The molecule has 2 N–H and O–H groups in total. The van der Waals surface area contributed by atoms with Crippen LogP contribution >= 0.6 is 0 Å². The molecular weight excluding hydrogens is 156 g/mol. The van der Waals surface area contributed by atoms with Crippen molar-refractivity contribution in [3.05, 3.63) is 17.5 Å². The van der Waals surface area contributed by atoms with E-state index in [1.807, 2.05) is 6.92 Å². The van der Waals surface area contributed by atoms with E-state index in [-0.39, 0.29) is 0 Å². The second-order valence-electron chi connectivity index (χ2n) is 2.64. The van der Waals surface area contributed by atoms with Crippen LogP contribution in [0.25, 0.3) is 0 Å². The van der Waals surface area contributed by atoms with Crippen LogP contribution in [-0.4, -0.2) is 17.6 Å². The monoisotopic (exact) mass is 168 g/mol. The van der Waals surface area contributed by atoms with Gasteiger partial charge in [-0.05, 0) is 13.0 Å². The number of nitrogen functional groups attached to an aromatic ring is 1. The number of methoxy groups -OCH3 is 1. The van der Waals surface area contributed by atoms with Gasteiger partial charge in [0.05, 0.1) is 12.8 Å². The Balaban J connectivity index is 3.22. The number of hydrogen-bond donors (Lipinski definition) is 1. The summed E-state index contributed by atoms with van der Waals surface area (Å²) in [5.41, 5.74) is 7.41. The molecule has 0 aliphatic carbocycles. The Hall–Kier alpha value is -1.45. The minimum Gasteiger partial charge on any atom is -0.464 e. The number of nitrogens with two attached hydrogens (primary N) is 1. The van der Waals surface area contributed by atoms with Crippen LogP contribution in [0.1, 0.15) is 16.2 Å². The van der Waals surface area contributed by atoms with Crippen LogP contribution < -0.4 is 5.73 Å². The molecule has 1 rings (SSSR count). The Morgan fingerprint density at radius 2 is 2.25 bits per heavy atom. The van der Waals surface area contributed by atoms with Crippen LogP contribution in [0.4, 0.5) is 5.69 Å². The van der Waals surface area contributed by atoms with Crippen LogP contribution in [0.2, 0.25) is 0 Å². The third-order valence-electron chi connectivity index (χ3n) is 1.88. The van der Waals surface area contributed by atoms with Crippen LogP contribution in [0.5, 0.6) is 0 Å². The zero-order chi connectivity index (χ0) is 9.30. The molecule has 0 fully saturated rings. The van der Waals surface area contributed by atoms with Crippen molar-refractivity contribution in [3.63, 3.8) is 0 Å². The standard InChI is InChI=1S/C8H12N2O2/c1-5-4-6(9)7(10(5)2)8(11)12-3/h4H,9H2,1-3H3. The number of nitrogens with zero attached hydrogens (tertiary/aromatic N) is 1. The average molecular weight is 168 g/mol. The summed E-state index contributed by atoms with van der Waals surface area (Å²) < 4.78 is 6.28. The summed E-state index contributed by atoms with van der Waals surface area (Å²) in [5, 5.41) is 0. The predicted octanol–water partition coefficient (Wildman–Crippen LogP) is 0.702. The van der Waals surface area contributed by atoms with Crippen molar-refractivity contribution < 1.29 is 9.53 Å². The van der Waals surface area contributed by atoms with Gasteiger partial charge in [0.15, 0.2) is 5.69 Å². The maximum Gasteiger partial charge on any atom is 0.356 e. The van der Waals surface area contributed by atoms with Crippen molar-refractivity contribution >= 4 is 11.7 Å². The summed E-state index contributed by atoms with van der Waals surface area (Å²) in [6.07, 6.45) is 0. The number of aromatic nitrogens is 1. The van der Waals surface area contributed by atoms with Gasteiger partial charge in [-0.25, -0.2) is 4.79 Å². The van der Waals surface area contributed by atoms with Crippen LogP contribution in [0.15, 0.2) is 6.07 Å². The molecule has 0 unspecified atom stereocenters. The van der Waals surface area contributed by atoms with E-state index in [1.54, 1.807) is 17.7 Å². The number of carbonyl (C=O) groups is 1. The highest BCUT2D eigenvalue weighted by atomic mass is 16.5. The molecule has 0 spiro atoms. The first-order chi connectivity index (χ1) is 5.57. The van der Waals surface area contributed by atoms with E-state index in [0.717, 1.165) is 5.69 Å². The largest absolute Gasteiger partial charge is 0.464 e. The van der Waals surface area contributed by atoms with Gasteiger partial charge in [-0.2, -0.15) is 0 Å². The van der Waals surface area contributed by atoms with E-state index in [4.69, 9.17) is 5.73 Å². The molecule has 0 saturated carbocycles. The molecule has 0 radical (unpaired) electrons. The molecule has 12 heavy (non-hydrogen) atoms. The van der Waals surface area contributed by atoms with Crippen LogP contribution in [0.3, 0.4) is 0 Å². The quantitative estimate of drug-likeness (QED) is 0.628. The highest BCUT2D eigenvalue weighted by molar-refractivity contribution is 5.93. The molecule has 0 saturated heterocycles. The molecule has 1 aromatic rings. The second kappa shape index (κ2) is 2.89. The van der Waals surface area contributed by atoms with E-state index in [1.165, 1.54) is 7.11 Å². The molecule has 66 valence electrons. The summed E-state index contributed by atoms with van der Waals surface area (Å²) in [6, 6.07) is 1.74. The van der Waals surface area contributed by atoms with Crippen molar-refractivity contribution in [3.8, 4) is 0 Å². The minimum absolute atomic E-state index is 0.400. The lowest BCUT2D eigenvalue weighted by molar-refractivity contribution is 0.0591. The van der Waals surface area contributed by atoms with E-state index in [2.05, 4.69) is 4.74 Å². The second-order valence-corrected chi connectivity index (χ2v) is 2.64. The molecule has 0 aromatic carbocycles. The topological polar surface area (TPSA) is 57.2 Å². The Morgan fingerprint density at radius 1 is 1.67 bits per heavy atom. The lowest BCUT2D eigenvalue weighted by atomic mass is 10.3. The van der Waals surface area contributed by atoms with Crippen LogP contribution in [0, 0.1) is 6.92 Å². The Kier molecular flexibility index (Phi) is 2.08. The Bertz CT molecular complexity index is 315. The first kappa shape index (κ1) is 8.64. The smallest absolute Gasteiger partial charge is 0.356 e. The number of esters is 1. The Morgan fingerprint density at radius 3 is 2.58 bits per heavy atom. The van der Waals surface area contributed by atoms with Crippen molar-refractivity contribution in [2.45, 2.75) is 6.92 Å². The summed E-state index contributed by atoms with van der Waals surface area (Å²) in [5.74, 6) is -0.400. The number of ether oxygens (including phenoxy) is 1. The predicted molar refractivity (Wildman–Crippen MR) is 45.9 cm³/mol. The summed E-state index contributed by atoms with van der Waals surface area (Å²) >= 11 is 0. The lowest BCUT2D eigenvalue weighted by Gasteiger charge is -2.02. The fourth-order valence-corrected chi connectivity index (χ4v) is 1.11. The van der Waals surface area contributed by atoms with Gasteiger partial charge >= 0.3 is 5.97 Å². The van der Waals surface area contributed by atoms with Crippen molar-refractivity contribution in [1.82, 2.24) is 4.57 Å². The van der Waals surface area contributed by atoms with E-state index in [9.17, 15) is 4.79 Å².